The van der Waals surface area contributed by atoms with Gasteiger partial charge in [0.1, 0.15) is 0 Å². The van der Waals surface area contributed by atoms with Gasteiger partial charge in [0.15, 0.2) is 0 Å². The highest BCUT2D eigenvalue weighted by Gasteiger charge is 2.32. The number of anilines is 1. The number of nitrogens with one attached hydrogen (secondary N) is 1. The molecule has 2 aromatic carbocycles. The maximum absolute atomic E-state index is 3.92. The first-order valence-corrected chi connectivity index (χ1v) is 8.73. The van der Waals surface area contributed by atoms with Gasteiger partial charge in [-0.3, -0.25) is 0 Å². The first-order valence-electron chi connectivity index (χ1n) is 8.73. The lowest BCUT2D eigenvalue weighted by atomic mass is 9.78. The van der Waals surface area contributed by atoms with Gasteiger partial charge in [0.25, 0.3) is 0 Å². The molecule has 0 amide bonds. The SMILES string of the molecule is Cc1cc(C)c2c(c1)C/C=C\c1ccc3cc1NC2(C)CCC3. The molecule has 0 aliphatic carbocycles. The summed E-state index contributed by atoms with van der Waals surface area (Å²) in [4.78, 5) is 0. The van der Waals surface area contributed by atoms with E-state index in [1.807, 2.05) is 0 Å². The highest BCUT2D eigenvalue weighted by molar-refractivity contribution is 5.70. The summed E-state index contributed by atoms with van der Waals surface area (Å²) in [5, 5.41) is 3.92. The minimum atomic E-state index is 0.00687. The van der Waals surface area contributed by atoms with E-state index in [1.165, 1.54) is 58.3 Å². The summed E-state index contributed by atoms with van der Waals surface area (Å²) >= 11 is 0. The molecular formula is C22H25N. The summed E-state index contributed by atoms with van der Waals surface area (Å²) in [6.45, 7) is 6.87. The molecule has 3 bridgehead atoms. The molecule has 4 rings (SSSR count). The zero-order valence-corrected chi connectivity index (χ0v) is 14.4. The van der Waals surface area contributed by atoms with Crippen LogP contribution in [0.15, 0.2) is 36.4 Å². The van der Waals surface area contributed by atoms with Crippen molar-refractivity contribution in [1.29, 1.82) is 0 Å². The molecule has 1 unspecified atom stereocenters. The van der Waals surface area contributed by atoms with Gasteiger partial charge in [0, 0.05) is 5.69 Å². The Labute approximate surface area is 139 Å². The molecule has 1 atom stereocenters. The van der Waals surface area contributed by atoms with E-state index in [0.717, 1.165) is 6.42 Å². The fourth-order valence-electron chi connectivity index (χ4n) is 4.52. The third-order valence-corrected chi connectivity index (χ3v) is 5.42. The topological polar surface area (TPSA) is 12.0 Å². The van der Waals surface area contributed by atoms with Crippen LogP contribution in [0.2, 0.25) is 0 Å². The van der Waals surface area contributed by atoms with Gasteiger partial charge in [-0.25, -0.2) is 0 Å². The van der Waals surface area contributed by atoms with Gasteiger partial charge in [-0.2, -0.15) is 0 Å². The molecular weight excluding hydrogens is 278 g/mol. The Morgan fingerprint density at radius 2 is 1.96 bits per heavy atom. The molecule has 0 aromatic heterocycles. The van der Waals surface area contributed by atoms with Crippen LogP contribution < -0.4 is 5.32 Å². The smallest absolute Gasteiger partial charge is 0.0602 e. The van der Waals surface area contributed by atoms with Crippen molar-refractivity contribution in [2.24, 2.45) is 0 Å². The first kappa shape index (κ1) is 14.6. The van der Waals surface area contributed by atoms with Crippen LogP contribution in [0.4, 0.5) is 5.69 Å². The van der Waals surface area contributed by atoms with E-state index < -0.39 is 0 Å². The zero-order chi connectivity index (χ0) is 16.0. The molecule has 0 saturated carbocycles. The second-order valence-corrected chi connectivity index (χ2v) is 7.45. The molecule has 2 heterocycles. The summed E-state index contributed by atoms with van der Waals surface area (Å²) in [7, 11) is 0. The van der Waals surface area contributed by atoms with Gasteiger partial charge in [0.2, 0.25) is 0 Å². The van der Waals surface area contributed by atoms with Crippen LogP contribution in [0.25, 0.3) is 6.08 Å². The van der Waals surface area contributed by atoms with E-state index in [0.29, 0.717) is 0 Å². The molecule has 118 valence electrons. The highest BCUT2D eigenvalue weighted by Crippen LogP contribution is 2.40. The molecule has 2 aromatic rings. The Balaban J connectivity index is 1.98. The number of hydrogen-bond donors (Lipinski definition) is 1. The van der Waals surface area contributed by atoms with Gasteiger partial charge in [-0.05, 0) is 80.3 Å². The van der Waals surface area contributed by atoms with Crippen molar-refractivity contribution < 1.29 is 0 Å². The average molecular weight is 303 g/mol. The second kappa shape index (κ2) is 5.26. The number of allylic oxidation sites excluding steroid dienone is 1. The van der Waals surface area contributed by atoms with Crippen LogP contribution in [-0.4, -0.2) is 0 Å². The molecule has 1 nitrogen and oxygen atoms in total. The van der Waals surface area contributed by atoms with Gasteiger partial charge < -0.3 is 5.32 Å². The highest BCUT2D eigenvalue weighted by atomic mass is 15.0. The Kier molecular flexibility index (Phi) is 3.33. The van der Waals surface area contributed by atoms with Crippen molar-refractivity contribution >= 4 is 11.8 Å². The maximum atomic E-state index is 3.92. The average Bonchev–Trinajstić information content (AvgIpc) is 2.52. The quantitative estimate of drug-likeness (QED) is 0.674. The Morgan fingerprint density at radius 1 is 1.09 bits per heavy atom. The van der Waals surface area contributed by atoms with Gasteiger partial charge in [-0.15, -0.1) is 0 Å². The van der Waals surface area contributed by atoms with E-state index in [1.54, 1.807) is 0 Å². The molecule has 23 heavy (non-hydrogen) atoms. The van der Waals surface area contributed by atoms with Gasteiger partial charge >= 0.3 is 0 Å². The fourth-order valence-corrected chi connectivity index (χ4v) is 4.52. The lowest BCUT2D eigenvalue weighted by Gasteiger charge is -2.37. The van der Waals surface area contributed by atoms with Crippen molar-refractivity contribution in [2.45, 2.75) is 52.0 Å². The van der Waals surface area contributed by atoms with E-state index in [-0.39, 0.29) is 5.54 Å². The molecule has 2 aliphatic rings. The molecule has 0 spiro atoms. The van der Waals surface area contributed by atoms with Crippen molar-refractivity contribution in [3.63, 3.8) is 0 Å². The number of fused-ring (bicyclic) bond motifs is 4. The van der Waals surface area contributed by atoms with E-state index in [2.05, 4.69) is 68.6 Å². The first-order chi connectivity index (χ1) is 11.0. The standard InChI is InChI=1S/C22H25N/c1-15-12-16(2)21-19(13-15)8-4-7-18-10-9-17-6-5-11-22(21,3)23-20(18)14-17/h4,7,9-10,12-14,23H,5-6,8,11H2,1-3H3/b7-4-. The maximum Gasteiger partial charge on any atom is 0.0602 e. The lowest BCUT2D eigenvalue weighted by Crippen LogP contribution is -2.35. The summed E-state index contributed by atoms with van der Waals surface area (Å²) < 4.78 is 0. The van der Waals surface area contributed by atoms with Crippen LogP contribution in [0.1, 0.15) is 53.1 Å². The Hall–Kier alpha value is -2.02. The summed E-state index contributed by atoms with van der Waals surface area (Å²) in [5.41, 5.74) is 9.82. The number of benzene rings is 2. The summed E-state index contributed by atoms with van der Waals surface area (Å²) in [5.74, 6) is 0. The predicted octanol–water partition coefficient (Wildman–Crippen LogP) is 5.54. The number of rotatable bonds is 0. The Morgan fingerprint density at radius 3 is 2.83 bits per heavy atom. The van der Waals surface area contributed by atoms with Crippen molar-refractivity contribution in [1.82, 2.24) is 0 Å². The van der Waals surface area contributed by atoms with Crippen molar-refractivity contribution in [3.8, 4) is 0 Å². The minimum Gasteiger partial charge on any atom is -0.375 e. The van der Waals surface area contributed by atoms with Crippen LogP contribution in [0, 0.1) is 13.8 Å². The van der Waals surface area contributed by atoms with Crippen molar-refractivity contribution in [3.05, 3.63) is 69.8 Å². The van der Waals surface area contributed by atoms with Crippen LogP contribution in [0.3, 0.4) is 0 Å². The number of aryl methyl sites for hydroxylation is 3. The van der Waals surface area contributed by atoms with E-state index >= 15 is 0 Å². The fraction of sp³-hybridized carbons (Fsp3) is 0.364. The third-order valence-electron chi connectivity index (χ3n) is 5.42. The lowest BCUT2D eigenvalue weighted by molar-refractivity contribution is 0.467. The molecule has 0 saturated heterocycles. The predicted molar refractivity (Wildman–Crippen MR) is 99.0 cm³/mol. The Bertz CT molecular complexity index is 800. The molecule has 2 aliphatic heterocycles. The zero-order valence-electron chi connectivity index (χ0n) is 14.4. The number of hydrogen-bond acceptors (Lipinski definition) is 1. The largest absolute Gasteiger partial charge is 0.375 e. The molecule has 1 heteroatoms. The van der Waals surface area contributed by atoms with Crippen molar-refractivity contribution in [2.75, 3.05) is 5.32 Å². The molecule has 0 radical (unpaired) electrons. The van der Waals surface area contributed by atoms with Crippen LogP contribution in [-0.2, 0) is 18.4 Å². The minimum absolute atomic E-state index is 0.00687. The summed E-state index contributed by atoms with van der Waals surface area (Å²) in [6, 6.07) is 11.6. The van der Waals surface area contributed by atoms with Crippen LogP contribution in [0.5, 0.6) is 0 Å². The van der Waals surface area contributed by atoms with Crippen LogP contribution >= 0.6 is 0 Å². The van der Waals surface area contributed by atoms with E-state index in [9.17, 15) is 0 Å². The summed E-state index contributed by atoms with van der Waals surface area (Å²) in [6.07, 6.45) is 9.18. The molecule has 0 fully saturated rings. The van der Waals surface area contributed by atoms with Gasteiger partial charge in [0.05, 0.1) is 5.54 Å². The molecule has 1 N–H and O–H groups in total. The second-order valence-electron chi connectivity index (χ2n) is 7.45. The third kappa shape index (κ3) is 2.49. The van der Waals surface area contributed by atoms with Gasteiger partial charge in [-0.1, -0.05) is 42.0 Å². The monoisotopic (exact) mass is 303 g/mol. The normalized spacial score (nSPS) is 23.6. The van der Waals surface area contributed by atoms with E-state index in [4.69, 9.17) is 0 Å².